The molecule has 2 N–H and O–H groups in total. The first-order valence-electron chi connectivity index (χ1n) is 13.8. The van der Waals surface area contributed by atoms with E-state index in [1.807, 2.05) is 0 Å². The zero-order valence-electron chi connectivity index (χ0n) is 22.3. The molecule has 5 aliphatic rings. The highest BCUT2D eigenvalue weighted by Crippen LogP contribution is 2.75. The molecular formula is C30H46O4. The summed E-state index contributed by atoms with van der Waals surface area (Å²) in [6.07, 6.45) is 11.3. The molecule has 0 unspecified atom stereocenters. The Balaban J connectivity index is 1.60. The van der Waals surface area contributed by atoms with E-state index in [2.05, 4.69) is 47.6 Å². The van der Waals surface area contributed by atoms with Gasteiger partial charge in [0.1, 0.15) is 5.78 Å². The van der Waals surface area contributed by atoms with Crippen molar-refractivity contribution in [2.75, 3.05) is 6.61 Å². The highest BCUT2D eigenvalue weighted by atomic mass is 16.4. The molecule has 0 aromatic rings. The van der Waals surface area contributed by atoms with Gasteiger partial charge in [0, 0.05) is 18.4 Å². The molecule has 4 saturated carbocycles. The maximum atomic E-state index is 12.9. The smallest absolute Gasteiger partial charge is 0.310 e. The molecule has 5 aliphatic carbocycles. The van der Waals surface area contributed by atoms with Crippen molar-refractivity contribution in [2.24, 2.45) is 50.2 Å². The summed E-state index contributed by atoms with van der Waals surface area (Å²) in [5.41, 5.74) is 0.497. The summed E-state index contributed by atoms with van der Waals surface area (Å²) in [7, 11) is 0. The summed E-state index contributed by atoms with van der Waals surface area (Å²) in [6, 6.07) is 0. The number of aliphatic hydroxyl groups excluding tert-OH is 1. The van der Waals surface area contributed by atoms with Gasteiger partial charge >= 0.3 is 5.97 Å². The number of rotatable bonds is 2. The van der Waals surface area contributed by atoms with Gasteiger partial charge in [-0.25, -0.2) is 0 Å². The number of carboxylic acid groups (broad SMARTS) is 1. The Morgan fingerprint density at radius 3 is 2.29 bits per heavy atom. The number of aliphatic carboxylic acids is 1. The van der Waals surface area contributed by atoms with Crippen LogP contribution < -0.4 is 0 Å². The van der Waals surface area contributed by atoms with Crippen LogP contribution >= 0.6 is 0 Å². The summed E-state index contributed by atoms with van der Waals surface area (Å²) in [5, 5.41) is 20.7. The van der Waals surface area contributed by atoms with E-state index in [-0.39, 0.29) is 39.6 Å². The lowest BCUT2D eigenvalue weighted by atomic mass is 9.33. The lowest BCUT2D eigenvalue weighted by molar-refractivity contribution is -0.190. The molecule has 8 atom stereocenters. The summed E-state index contributed by atoms with van der Waals surface area (Å²) in [6.45, 7) is 14.1. The summed E-state index contributed by atoms with van der Waals surface area (Å²) >= 11 is 0. The minimum Gasteiger partial charge on any atom is -0.481 e. The van der Waals surface area contributed by atoms with Gasteiger partial charge in [-0.05, 0) is 97.2 Å². The number of carboxylic acids is 1. The highest BCUT2D eigenvalue weighted by Gasteiger charge is 2.69. The fourth-order valence-corrected chi connectivity index (χ4v) is 10.5. The molecule has 0 bridgehead atoms. The van der Waals surface area contributed by atoms with Gasteiger partial charge < -0.3 is 10.2 Å². The number of allylic oxidation sites excluding steroid dienone is 2. The van der Waals surface area contributed by atoms with Gasteiger partial charge in [0.25, 0.3) is 0 Å². The molecule has 4 fully saturated rings. The summed E-state index contributed by atoms with van der Waals surface area (Å²) in [4.78, 5) is 25.7. The van der Waals surface area contributed by atoms with Crippen LogP contribution in [0.3, 0.4) is 0 Å². The van der Waals surface area contributed by atoms with Crippen molar-refractivity contribution in [3.63, 3.8) is 0 Å². The maximum Gasteiger partial charge on any atom is 0.310 e. The Morgan fingerprint density at radius 1 is 0.971 bits per heavy atom. The second kappa shape index (κ2) is 7.20. The van der Waals surface area contributed by atoms with Crippen LogP contribution in [0, 0.1) is 50.2 Å². The molecule has 34 heavy (non-hydrogen) atoms. The van der Waals surface area contributed by atoms with E-state index in [1.54, 1.807) is 0 Å². The quantitative estimate of drug-likeness (QED) is 0.457. The molecule has 4 heteroatoms. The Bertz CT molecular complexity index is 949. The Labute approximate surface area is 206 Å². The van der Waals surface area contributed by atoms with Gasteiger partial charge in [-0.1, -0.05) is 53.2 Å². The van der Waals surface area contributed by atoms with Crippen molar-refractivity contribution in [3.8, 4) is 0 Å². The first-order chi connectivity index (χ1) is 15.7. The Kier molecular flexibility index (Phi) is 5.20. The van der Waals surface area contributed by atoms with Crippen LogP contribution in [-0.4, -0.2) is 28.6 Å². The van der Waals surface area contributed by atoms with Crippen molar-refractivity contribution >= 4 is 11.8 Å². The van der Waals surface area contributed by atoms with Gasteiger partial charge in [0.05, 0.1) is 5.41 Å². The third-order valence-electron chi connectivity index (χ3n) is 13.1. The Hall–Kier alpha value is -1.16. The number of hydrogen-bond donors (Lipinski definition) is 2. The molecule has 5 rings (SSSR count). The average Bonchev–Trinajstić information content (AvgIpc) is 2.77. The highest BCUT2D eigenvalue weighted by molar-refractivity contribution is 5.85. The maximum absolute atomic E-state index is 12.9. The van der Waals surface area contributed by atoms with E-state index in [0.29, 0.717) is 30.5 Å². The normalized spacial score (nSPS) is 51.9. The number of hydrogen-bond acceptors (Lipinski definition) is 3. The molecule has 0 radical (unpaired) electrons. The van der Waals surface area contributed by atoms with Crippen molar-refractivity contribution in [2.45, 2.75) is 106 Å². The van der Waals surface area contributed by atoms with E-state index in [9.17, 15) is 19.8 Å². The molecule has 0 spiro atoms. The first kappa shape index (κ1) is 24.5. The second-order valence-electron chi connectivity index (χ2n) is 14.6. The van der Waals surface area contributed by atoms with Crippen LogP contribution in [0.4, 0.5) is 0 Å². The topological polar surface area (TPSA) is 74.6 Å². The minimum absolute atomic E-state index is 0.0160. The van der Waals surface area contributed by atoms with E-state index in [1.165, 1.54) is 5.57 Å². The van der Waals surface area contributed by atoms with E-state index in [0.717, 1.165) is 51.4 Å². The molecule has 0 heterocycles. The fourth-order valence-electron chi connectivity index (χ4n) is 10.5. The number of carbonyl (C=O) groups is 2. The van der Waals surface area contributed by atoms with Gasteiger partial charge in [-0.2, -0.15) is 0 Å². The third-order valence-corrected chi connectivity index (χ3v) is 13.1. The minimum atomic E-state index is -0.677. The zero-order valence-corrected chi connectivity index (χ0v) is 22.3. The number of ketones is 1. The van der Waals surface area contributed by atoms with Gasteiger partial charge in [-0.15, -0.1) is 0 Å². The lowest BCUT2D eigenvalue weighted by Crippen LogP contribution is -2.64. The van der Waals surface area contributed by atoms with Crippen LogP contribution in [0.15, 0.2) is 11.6 Å². The van der Waals surface area contributed by atoms with Crippen LogP contribution in [0.1, 0.15) is 106 Å². The third kappa shape index (κ3) is 2.81. The van der Waals surface area contributed by atoms with Crippen LogP contribution in [0.5, 0.6) is 0 Å². The fraction of sp³-hybridized carbons (Fsp3) is 0.867. The molecule has 0 aromatic heterocycles. The number of Topliss-reactive ketones (excluding diaryl/α,β-unsaturated/α-hetero) is 1. The number of carbonyl (C=O) groups excluding carboxylic acids is 1. The summed E-state index contributed by atoms with van der Waals surface area (Å²) in [5.74, 6) is 0.765. The number of fused-ring (bicyclic) bond motifs is 7. The van der Waals surface area contributed by atoms with E-state index < -0.39 is 11.4 Å². The van der Waals surface area contributed by atoms with Crippen molar-refractivity contribution in [1.82, 2.24) is 0 Å². The largest absolute Gasteiger partial charge is 0.481 e. The first-order valence-corrected chi connectivity index (χ1v) is 13.8. The molecule has 190 valence electrons. The second-order valence-corrected chi connectivity index (χ2v) is 14.6. The average molecular weight is 471 g/mol. The summed E-state index contributed by atoms with van der Waals surface area (Å²) < 4.78 is 0. The van der Waals surface area contributed by atoms with Crippen LogP contribution in [0.2, 0.25) is 0 Å². The standard InChI is InChI=1S/C30H46O4/c1-25(2)21-9-12-29(6)22(27(21,4)11-10-23(25)32)8-7-19-20-17-26(3,18-31)13-15-30(20,24(33)34)16-14-28(19,29)5/h7,20-22,31H,8-18H2,1-6H3,(H,33,34)/t20-,21-,22+,26+,27-,28+,29+,30-/m0/s1. The Morgan fingerprint density at radius 2 is 1.65 bits per heavy atom. The SMILES string of the molecule is CC1(C)C(=O)CC[C@]2(C)[C@H]3CC=C4[C@@H]5C[C@](C)(CO)CC[C@]5(C(=O)O)CC[C@@]4(C)[C@]3(C)CC[C@@H]12. The van der Waals surface area contributed by atoms with E-state index in [4.69, 9.17) is 0 Å². The monoisotopic (exact) mass is 470 g/mol. The van der Waals surface area contributed by atoms with Crippen LogP contribution in [0.25, 0.3) is 0 Å². The molecule has 0 aliphatic heterocycles. The van der Waals surface area contributed by atoms with Crippen LogP contribution in [-0.2, 0) is 9.59 Å². The van der Waals surface area contributed by atoms with Gasteiger partial charge in [0.15, 0.2) is 0 Å². The zero-order chi connectivity index (χ0) is 24.9. The molecule has 4 nitrogen and oxygen atoms in total. The molecule has 0 saturated heterocycles. The molecule has 0 amide bonds. The number of aliphatic hydroxyl groups is 1. The van der Waals surface area contributed by atoms with E-state index >= 15 is 0 Å². The molecular weight excluding hydrogens is 424 g/mol. The van der Waals surface area contributed by atoms with Gasteiger partial charge in [-0.3, -0.25) is 9.59 Å². The lowest BCUT2D eigenvalue weighted by Gasteiger charge is -2.70. The van der Waals surface area contributed by atoms with Crippen molar-refractivity contribution < 1.29 is 19.8 Å². The molecule has 0 aromatic carbocycles. The predicted octanol–water partition coefficient (Wildman–Crippen LogP) is 6.41. The predicted molar refractivity (Wildman–Crippen MR) is 133 cm³/mol. The van der Waals surface area contributed by atoms with Crippen molar-refractivity contribution in [1.29, 1.82) is 0 Å². The van der Waals surface area contributed by atoms with Crippen molar-refractivity contribution in [3.05, 3.63) is 11.6 Å². The van der Waals surface area contributed by atoms with Gasteiger partial charge in [0.2, 0.25) is 0 Å².